The van der Waals surface area contributed by atoms with Crippen LogP contribution in [0.1, 0.15) is 18.1 Å². The first-order chi connectivity index (χ1) is 9.70. The van der Waals surface area contributed by atoms with E-state index in [0.717, 1.165) is 6.07 Å². The molecule has 0 spiro atoms. The number of hydrogen-bond donors (Lipinski definition) is 1. The van der Waals surface area contributed by atoms with Crippen LogP contribution in [0.15, 0.2) is 18.2 Å². The Morgan fingerprint density at radius 2 is 1.90 bits per heavy atom. The second-order valence-corrected chi connectivity index (χ2v) is 4.85. The van der Waals surface area contributed by atoms with Crippen molar-refractivity contribution in [3.05, 3.63) is 29.3 Å². The fourth-order valence-corrected chi connectivity index (χ4v) is 1.91. The van der Waals surface area contributed by atoms with Crippen molar-refractivity contribution in [1.29, 1.82) is 0 Å². The van der Waals surface area contributed by atoms with Crippen LogP contribution in [0.3, 0.4) is 0 Å². The Kier molecular flexibility index (Phi) is 5.60. The zero-order valence-corrected chi connectivity index (χ0v) is 12.4. The molecule has 0 saturated carbocycles. The molecule has 0 aliphatic rings. The predicted molar refractivity (Wildman–Crippen MR) is 75.9 cm³/mol. The van der Waals surface area contributed by atoms with E-state index in [9.17, 15) is 18.0 Å². The topological polar surface area (TPSA) is 49.6 Å². The summed E-state index contributed by atoms with van der Waals surface area (Å²) in [4.78, 5) is 14.9. The number of halogens is 3. The standard InChI is InChI=1S/C14H20F3N3O/c1-4-20(9-13(21)19(2)3)11-5-6-12(14(15,16)17)10(7-11)8-18/h5-7H,4,8-9,18H2,1-3H3. The summed E-state index contributed by atoms with van der Waals surface area (Å²) in [5.74, 6) is -0.119. The van der Waals surface area contributed by atoms with E-state index in [1.165, 1.54) is 17.0 Å². The van der Waals surface area contributed by atoms with Crippen molar-refractivity contribution in [2.24, 2.45) is 5.73 Å². The number of anilines is 1. The molecule has 0 unspecified atom stereocenters. The van der Waals surface area contributed by atoms with Crippen LogP contribution in [-0.2, 0) is 17.5 Å². The molecule has 1 aromatic carbocycles. The molecule has 21 heavy (non-hydrogen) atoms. The second kappa shape index (κ2) is 6.80. The van der Waals surface area contributed by atoms with Crippen LogP contribution >= 0.6 is 0 Å². The van der Waals surface area contributed by atoms with E-state index in [1.54, 1.807) is 19.0 Å². The van der Waals surface area contributed by atoms with Crippen molar-refractivity contribution in [3.8, 4) is 0 Å². The van der Waals surface area contributed by atoms with Crippen LogP contribution in [0.4, 0.5) is 18.9 Å². The lowest BCUT2D eigenvalue weighted by atomic mass is 10.1. The number of benzene rings is 1. The summed E-state index contributed by atoms with van der Waals surface area (Å²) in [6.45, 7) is 2.25. The van der Waals surface area contributed by atoms with Crippen molar-refractivity contribution >= 4 is 11.6 Å². The average Bonchev–Trinajstić information content (AvgIpc) is 2.42. The monoisotopic (exact) mass is 303 g/mol. The highest BCUT2D eigenvalue weighted by Crippen LogP contribution is 2.33. The Balaban J connectivity index is 3.09. The number of nitrogens with zero attached hydrogens (tertiary/aromatic N) is 2. The summed E-state index contributed by atoms with van der Waals surface area (Å²) in [6, 6.07) is 3.78. The van der Waals surface area contributed by atoms with Gasteiger partial charge in [-0.15, -0.1) is 0 Å². The lowest BCUT2D eigenvalue weighted by Gasteiger charge is -2.25. The van der Waals surface area contributed by atoms with Crippen molar-refractivity contribution in [1.82, 2.24) is 4.90 Å². The number of alkyl halides is 3. The summed E-state index contributed by atoms with van der Waals surface area (Å²) in [5, 5.41) is 0. The Morgan fingerprint density at radius 1 is 1.29 bits per heavy atom. The summed E-state index contributed by atoms with van der Waals surface area (Å²) >= 11 is 0. The Labute approximate surface area is 122 Å². The first-order valence-corrected chi connectivity index (χ1v) is 6.56. The van der Waals surface area contributed by atoms with Gasteiger partial charge in [0, 0.05) is 32.9 Å². The van der Waals surface area contributed by atoms with Crippen LogP contribution in [0.25, 0.3) is 0 Å². The molecule has 1 aromatic rings. The zero-order valence-electron chi connectivity index (χ0n) is 12.4. The van der Waals surface area contributed by atoms with Gasteiger partial charge in [-0.05, 0) is 30.7 Å². The molecule has 4 nitrogen and oxygen atoms in total. The number of carbonyl (C=O) groups is 1. The molecule has 1 rings (SSSR count). The first-order valence-electron chi connectivity index (χ1n) is 6.56. The van der Waals surface area contributed by atoms with Crippen LogP contribution < -0.4 is 10.6 Å². The van der Waals surface area contributed by atoms with Gasteiger partial charge in [0.05, 0.1) is 12.1 Å². The number of nitrogens with two attached hydrogens (primary N) is 1. The summed E-state index contributed by atoms with van der Waals surface area (Å²) in [5.41, 5.74) is 5.26. The Morgan fingerprint density at radius 3 is 2.33 bits per heavy atom. The molecule has 2 N–H and O–H groups in total. The van der Waals surface area contributed by atoms with E-state index < -0.39 is 11.7 Å². The third-order valence-electron chi connectivity index (χ3n) is 3.19. The van der Waals surface area contributed by atoms with Crippen LogP contribution in [0, 0.1) is 0 Å². The smallest absolute Gasteiger partial charge is 0.362 e. The number of hydrogen-bond acceptors (Lipinski definition) is 3. The molecule has 0 atom stereocenters. The van der Waals surface area contributed by atoms with Gasteiger partial charge in [0.25, 0.3) is 0 Å². The van der Waals surface area contributed by atoms with E-state index in [0.29, 0.717) is 12.2 Å². The van der Waals surface area contributed by atoms with Crippen molar-refractivity contribution < 1.29 is 18.0 Å². The summed E-state index contributed by atoms with van der Waals surface area (Å²) < 4.78 is 38.5. The minimum Gasteiger partial charge on any atom is -0.362 e. The third-order valence-corrected chi connectivity index (χ3v) is 3.19. The van der Waals surface area contributed by atoms with Gasteiger partial charge in [-0.2, -0.15) is 13.2 Å². The van der Waals surface area contributed by atoms with E-state index in [1.807, 2.05) is 6.92 Å². The Bertz CT molecular complexity index is 501. The molecule has 0 aliphatic heterocycles. The summed E-state index contributed by atoms with van der Waals surface area (Å²) in [6.07, 6.45) is -4.43. The van der Waals surface area contributed by atoms with Gasteiger partial charge in [-0.1, -0.05) is 0 Å². The third kappa shape index (κ3) is 4.35. The van der Waals surface area contributed by atoms with Crippen molar-refractivity contribution in [3.63, 3.8) is 0 Å². The first kappa shape index (κ1) is 17.3. The average molecular weight is 303 g/mol. The molecule has 0 fully saturated rings. The minimum atomic E-state index is -4.43. The van der Waals surface area contributed by atoms with Gasteiger partial charge >= 0.3 is 6.18 Å². The summed E-state index contributed by atoms with van der Waals surface area (Å²) in [7, 11) is 3.27. The van der Waals surface area contributed by atoms with Crippen molar-refractivity contribution in [2.75, 3.05) is 32.1 Å². The lowest BCUT2D eigenvalue weighted by Crippen LogP contribution is -2.36. The normalized spacial score (nSPS) is 11.4. The largest absolute Gasteiger partial charge is 0.416 e. The molecule has 0 radical (unpaired) electrons. The fourth-order valence-electron chi connectivity index (χ4n) is 1.91. The van der Waals surface area contributed by atoms with E-state index in [-0.39, 0.29) is 24.6 Å². The maximum atomic E-state index is 12.8. The Hall–Kier alpha value is -1.76. The molecule has 0 saturated heterocycles. The van der Waals surface area contributed by atoms with Crippen LogP contribution in [-0.4, -0.2) is 38.0 Å². The molecule has 0 aliphatic carbocycles. The van der Waals surface area contributed by atoms with Crippen molar-refractivity contribution in [2.45, 2.75) is 19.6 Å². The van der Waals surface area contributed by atoms with E-state index >= 15 is 0 Å². The zero-order chi connectivity index (χ0) is 16.2. The number of amides is 1. The maximum absolute atomic E-state index is 12.8. The number of rotatable bonds is 5. The lowest BCUT2D eigenvalue weighted by molar-refractivity contribution is -0.138. The highest BCUT2D eigenvalue weighted by atomic mass is 19.4. The molecule has 1 amide bonds. The molecular weight excluding hydrogens is 283 g/mol. The minimum absolute atomic E-state index is 0.0238. The van der Waals surface area contributed by atoms with Gasteiger partial charge in [0.15, 0.2) is 0 Å². The molecule has 0 bridgehead atoms. The quantitative estimate of drug-likeness (QED) is 0.906. The number of carbonyl (C=O) groups excluding carboxylic acids is 1. The molecular formula is C14H20F3N3O. The van der Waals surface area contributed by atoms with Gasteiger partial charge in [-0.25, -0.2) is 0 Å². The second-order valence-electron chi connectivity index (χ2n) is 4.85. The van der Waals surface area contributed by atoms with Crippen LogP contribution in [0.5, 0.6) is 0 Å². The predicted octanol–water partition coefficient (Wildman–Crippen LogP) is 2.08. The number of likely N-dealkylation sites (N-methyl/N-ethyl adjacent to an activating group) is 2. The molecule has 7 heteroatoms. The maximum Gasteiger partial charge on any atom is 0.416 e. The van der Waals surface area contributed by atoms with E-state index in [4.69, 9.17) is 5.73 Å². The molecule has 0 heterocycles. The van der Waals surface area contributed by atoms with Gasteiger partial charge in [0.1, 0.15) is 0 Å². The fraction of sp³-hybridized carbons (Fsp3) is 0.500. The van der Waals surface area contributed by atoms with Gasteiger partial charge in [-0.3, -0.25) is 4.79 Å². The van der Waals surface area contributed by atoms with E-state index in [2.05, 4.69) is 0 Å². The van der Waals surface area contributed by atoms with Gasteiger partial charge in [0.2, 0.25) is 5.91 Å². The van der Waals surface area contributed by atoms with Gasteiger partial charge < -0.3 is 15.5 Å². The molecule has 0 aromatic heterocycles. The van der Waals surface area contributed by atoms with Crippen LogP contribution in [0.2, 0.25) is 0 Å². The molecule has 118 valence electrons. The highest BCUT2D eigenvalue weighted by molar-refractivity contribution is 5.81. The highest BCUT2D eigenvalue weighted by Gasteiger charge is 2.33. The SMILES string of the molecule is CCN(CC(=O)N(C)C)c1ccc(C(F)(F)F)c(CN)c1.